The number of benzene rings is 2. The number of alkyl halides is 1. The summed E-state index contributed by atoms with van der Waals surface area (Å²) in [6, 6.07) is 16.9. The third-order valence-electron chi connectivity index (χ3n) is 4.22. The van der Waals surface area contributed by atoms with Gasteiger partial charge in [0.25, 0.3) is 0 Å². The van der Waals surface area contributed by atoms with Crippen molar-refractivity contribution in [3.8, 4) is 17.0 Å². The Morgan fingerprint density at radius 2 is 1.79 bits per heavy atom. The molecule has 0 saturated heterocycles. The lowest BCUT2D eigenvalue weighted by Crippen LogP contribution is -2.34. The van der Waals surface area contributed by atoms with Gasteiger partial charge in [-0.2, -0.15) is 0 Å². The Labute approximate surface area is 170 Å². The first-order valence-electron chi connectivity index (χ1n) is 9.43. The van der Waals surface area contributed by atoms with Gasteiger partial charge < -0.3 is 9.47 Å². The Bertz CT molecular complexity index is 997. The number of fused-ring (bicyclic) bond motifs is 1. The van der Waals surface area contributed by atoms with Gasteiger partial charge >= 0.3 is 6.09 Å². The molecule has 152 valence electrons. The highest BCUT2D eigenvalue weighted by Crippen LogP contribution is 2.26. The maximum absolute atomic E-state index is 12.3. The number of anilines is 1. The van der Waals surface area contributed by atoms with E-state index in [4.69, 9.17) is 14.5 Å². The standard InChI is InChI=1S/C23H25FN2O3/c1-23(2,3)29-22(27)26(4)18-8-5-16(6-9-18)20-11-7-17-15-19(28-14-13-24)10-12-21(17)25-20/h5-12,15H,13-14H2,1-4H3. The lowest BCUT2D eigenvalue weighted by Gasteiger charge is -2.24. The molecule has 0 atom stereocenters. The molecule has 0 aliphatic rings. The van der Waals surface area contributed by atoms with Crippen molar-refractivity contribution < 1.29 is 18.7 Å². The third-order valence-corrected chi connectivity index (χ3v) is 4.22. The van der Waals surface area contributed by atoms with Crippen LogP contribution in [0.3, 0.4) is 0 Å². The van der Waals surface area contributed by atoms with E-state index in [0.29, 0.717) is 5.75 Å². The summed E-state index contributed by atoms with van der Waals surface area (Å²) in [5, 5.41) is 0.923. The van der Waals surface area contributed by atoms with Crippen LogP contribution in [0.25, 0.3) is 22.2 Å². The maximum atomic E-state index is 12.3. The van der Waals surface area contributed by atoms with Crippen LogP contribution in [0.4, 0.5) is 14.9 Å². The molecule has 0 N–H and O–H groups in total. The van der Waals surface area contributed by atoms with Crippen LogP contribution in [0, 0.1) is 0 Å². The van der Waals surface area contributed by atoms with Gasteiger partial charge in [0.15, 0.2) is 0 Å². The van der Waals surface area contributed by atoms with Gasteiger partial charge in [-0.15, -0.1) is 0 Å². The van der Waals surface area contributed by atoms with Gasteiger partial charge in [0.2, 0.25) is 0 Å². The van der Waals surface area contributed by atoms with Crippen LogP contribution < -0.4 is 9.64 Å². The average molecular weight is 396 g/mol. The highest BCUT2D eigenvalue weighted by molar-refractivity contribution is 5.88. The Hall–Kier alpha value is -3.15. The van der Waals surface area contributed by atoms with Crippen molar-refractivity contribution in [2.24, 2.45) is 0 Å². The second-order valence-electron chi connectivity index (χ2n) is 7.67. The first-order valence-corrected chi connectivity index (χ1v) is 9.43. The fraction of sp³-hybridized carbons (Fsp3) is 0.304. The summed E-state index contributed by atoms with van der Waals surface area (Å²) in [6.45, 7) is 5.03. The molecular weight excluding hydrogens is 371 g/mol. The molecule has 3 aromatic rings. The van der Waals surface area contributed by atoms with Crippen LogP contribution in [0.15, 0.2) is 54.6 Å². The van der Waals surface area contributed by atoms with Crippen molar-refractivity contribution in [2.45, 2.75) is 26.4 Å². The highest BCUT2D eigenvalue weighted by Gasteiger charge is 2.20. The van der Waals surface area contributed by atoms with E-state index in [1.54, 1.807) is 13.1 Å². The van der Waals surface area contributed by atoms with Crippen LogP contribution >= 0.6 is 0 Å². The van der Waals surface area contributed by atoms with Crippen molar-refractivity contribution in [1.29, 1.82) is 0 Å². The summed E-state index contributed by atoms with van der Waals surface area (Å²) in [7, 11) is 1.68. The Morgan fingerprint density at radius 3 is 2.45 bits per heavy atom. The van der Waals surface area contributed by atoms with Gasteiger partial charge in [0.05, 0.1) is 11.2 Å². The Kier molecular flexibility index (Phi) is 6.01. The molecule has 1 heterocycles. The minimum atomic E-state index is -0.545. The number of carbonyl (C=O) groups is 1. The van der Waals surface area contributed by atoms with Gasteiger partial charge in [-0.25, -0.2) is 14.2 Å². The van der Waals surface area contributed by atoms with Gasteiger partial charge in [0, 0.05) is 23.7 Å². The predicted molar refractivity (Wildman–Crippen MR) is 113 cm³/mol. The summed E-state index contributed by atoms with van der Waals surface area (Å²) < 4.78 is 23.0. The van der Waals surface area contributed by atoms with E-state index >= 15 is 0 Å². The fourth-order valence-corrected chi connectivity index (χ4v) is 2.80. The van der Waals surface area contributed by atoms with Gasteiger partial charge in [-0.05, 0) is 57.2 Å². The molecule has 1 amide bonds. The van der Waals surface area contributed by atoms with Crippen molar-refractivity contribution >= 4 is 22.7 Å². The number of ether oxygens (including phenoxy) is 2. The normalized spacial score (nSPS) is 11.3. The second kappa shape index (κ2) is 8.47. The SMILES string of the molecule is CN(C(=O)OC(C)(C)C)c1ccc(-c2ccc3cc(OCCF)ccc3n2)cc1. The number of carbonyl (C=O) groups excluding carboxylic acids is 1. The van der Waals surface area contributed by atoms with Crippen LogP contribution in [0.5, 0.6) is 5.75 Å². The zero-order valence-electron chi connectivity index (χ0n) is 17.1. The number of amides is 1. The molecule has 0 aliphatic carbocycles. The maximum Gasteiger partial charge on any atom is 0.414 e. The first kappa shape index (κ1) is 20.6. The minimum Gasteiger partial charge on any atom is -0.491 e. The van der Waals surface area contributed by atoms with E-state index in [-0.39, 0.29) is 6.61 Å². The van der Waals surface area contributed by atoms with Gasteiger partial charge in [-0.1, -0.05) is 18.2 Å². The molecule has 0 fully saturated rings. The summed E-state index contributed by atoms with van der Waals surface area (Å²) in [4.78, 5) is 18.4. The van der Waals surface area contributed by atoms with Crippen molar-refractivity contribution in [3.05, 3.63) is 54.6 Å². The van der Waals surface area contributed by atoms with Crippen molar-refractivity contribution in [3.63, 3.8) is 0 Å². The van der Waals surface area contributed by atoms with E-state index in [1.165, 1.54) is 4.90 Å². The predicted octanol–water partition coefficient (Wildman–Crippen LogP) is 5.62. The van der Waals surface area contributed by atoms with E-state index in [2.05, 4.69) is 0 Å². The molecule has 3 rings (SSSR count). The summed E-state index contributed by atoms with van der Waals surface area (Å²) >= 11 is 0. The average Bonchev–Trinajstić information content (AvgIpc) is 2.70. The zero-order valence-corrected chi connectivity index (χ0v) is 17.1. The molecular formula is C23H25FN2O3. The number of hydrogen-bond donors (Lipinski definition) is 0. The molecule has 5 nitrogen and oxygen atoms in total. The van der Waals surface area contributed by atoms with Crippen LogP contribution in [-0.4, -0.2) is 37.0 Å². The molecule has 1 aromatic heterocycles. The first-order chi connectivity index (χ1) is 13.8. The summed E-state index contributed by atoms with van der Waals surface area (Å²) in [5.74, 6) is 0.624. The topological polar surface area (TPSA) is 51.7 Å². The molecule has 0 radical (unpaired) electrons. The summed E-state index contributed by atoms with van der Waals surface area (Å²) in [5.41, 5.74) is 2.77. The number of pyridine rings is 1. The van der Waals surface area contributed by atoms with E-state index in [1.807, 2.05) is 69.3 Å². The molecule has 6 heteroatoms. The molecule has 29 heavy (non-hydrogen) atoms. The number of aromatic nitrogens is 1. The van der Waals surface area contributed by atoms with Crippen molar-refractivity contribution in [2.75, 3.05) is 25.2 Å². The Balaban J connectivity index is 1.78. The zero-order chi connectivity index (χ0) is 21.0. The van der Waals surface area contributed by atoms with Crippen LogP contribution in [0.1, 0.15) is 20.8 Å². The Morgan fingerprint density at radius 1 is 1.07 bits per heavy atom. The van der Waals surface area contributed by atoms with E-state index in [0.717, 1.165) is 27.8 Å². The van der Waals surface area contributed by atoms with Gasteiger partial charge in [0.1, 0.15) is 24.6 Å². The van der Waals surface area contributed by atoms with Crippen molar-refractivity contribution in [1.82, 2.24) is 4.98 Å². The number of rotatable bonds is 5. The molecule has 0 saturated carbocycles. The molecule has 0 bridgehead atoms. The summed E-state index contributed by atoms with van der Waals surface area (Å²) in [6.07, 6.45) is -0.403. The minimum absolute atomic E-state index is 0.0428. The second-order valence-corrected chi connectivity index (χ2v) is 7.67. The highest BCUT2D eigenvalue weighted by atomic mass is 19.1. The molecule has 0 unspecified atom stereocenters. The fourth-order valence-electron chi connectivity index (χ4n) is 2.80. The molecule has 2 aromatic carbocycles. The third kappa shape index (κ3) is 5.22. The lowest BCUT2D eigenvalue weighted by molar-refractivity contribution is 0.0589. The van der Waals surface area contributed by atoms with Crippen LogP contribution in [-0.2, 0) is 4.74 Å². The molecule has 0 spiro atoms. The van der Waals surface area contributed by atoms with Crippen LogP contribution in [0.2, 0.25) is 0 Å². The largest absolute Gasteiger partial charge is 0.491 e. The number of halogens is 1. The monoisotopic (exact) mass is 396 g/mol. The van der Waals surface area contributed by atoms with E-state index < -0.39 is 18.4 Å². The lowest BCUT2D eigenvalue weighted by atomic mass is 10.1. The van der Waals surface area contributed by atoms with Gasteiger partial charge in [-0.3, -0.25) is 4.90 Å². The quantitative estimate of drug-likeness (QED) is 0.562. The molecule has 0 aliphatic heterocycles. The number of hydrogen-bond acceptors (Lipinski definition) is 4. The smallest absolute Gasteiger partial charge is 0.414 e. The van der Waals surface area contributed by atoms with E-state index in [9.17, 15) is 9.18 Å². The number of nitrogens with zero attached hydrogens (tertiary/aromatic N) is 2.